The predicted molar refractivity (Wildman–Crippen MR) is 108 cm³/mol. The Bertz CT molecular complexity index is 1060. The monoisotopic (exact) mass is 394 g/mol. The second kappa shape index (κ2) is 8.88. The van der Waals surface area contributed by atoms with Crippen LogP contribution in [0.3, 0.4) is 0 Å². The summed E-state index contributed by atoms with van der Waals surface area (Å²) in [6.45, 7) is 1.42. The molecule has 0 saturated heterocycles. The van der Waals surface area contributed by atoms with Gasteiger partial charge in [0.05, 0.1) is 0 Å². The summed E-state index contributed by atoms with van der Waals surface area (Å²) in [5.41, 5.74) is 6.02. The lowest BCUT2D eigenvalue weighted by Gasteiger charge is -2.15. The predicted octanol–water partition coefficient (Wildman–Crippen LogP) is 4.77. The molecule has 3 rings (SSSR count). The second-order valence-corrected chi connectivity index (χ2v) is 6.20. The maximum absolute atomic E-state index is 13.0. The number of primary amides is 1. The number of benzene rings is 3. The second-order valence-electron chi connectivity index (χ2n) is 6.20. The Hall–Kier alpha value is -3.87. The third kappa shape index (κ3) is 4.90. The smallest absolute Gasteiger partial charge is 0.405 e. The van der Waals surface area contributed by atoms with Crippen molar-refractivity contribution < 1.29 is 23.5 Å². The van der Waals surface area contributed by atoms with E-state index in [1.165, 1.54) is 19.1 Å². The summed E-state index contributed by atoms with van der Waals surface area (Å²) in [5.74, 6) is -0.244. The van der Waals surface area contributed by atoms with Crippen LogP contribution < -0.4 is 15.8 Å². The van der Waals surface area contributed by atoms with Crippen LogP contribution in [0.1, 0.15) is 17.3 Å². The lowest BCUT2D eigenvalue weighted by atomic mass is 10.1. The zero-order valence-corrected chi connectivity index (χ0v) is 15.6. The van der Waals surface area contributed by atoms with Crippen LogP contribution in [0.2, 0.25) is 0 Å². The average Bonchev–Trinajstić information content (AvgIpc) is 2.72. The quantitative estimate of drug-likeness (QED) is 0.590. The summed E-state index contributed by atoms with van der Waals surface area (Å²) in [4.78, 5) is 23.4. The van der Waals surface area contributed by atoms with Gasteiger partial charge in [-0.05, 0) is 42.6 Å². The number of nitrogens with two attached hydrogens (primary N) is 1. The number of hydrogen-bond donors (Lipinski definition) is 2. The Morgan fingerprint density at radius 2 is 1.72 bits per heavy atom. The SMILES string of the molecule is CC(OC(N)=O)C(=CF)Oc1ccc(C(=O)Nc2cccc3ccccc23)cc1. The molecule has 0 spiro atoms. The van der Waals surface area contributed by atoms with Gasteiger partial charge in [0.1, 0.15) is 12.1 Å². The molecule has 0 aliphatic rings. The van der Waals surface area contributed by atoms with Gasteiger partial charge in [0.15, 0.2) is 11.9 Å². The molecule has 0 fully saturated rings. The number of carbonyl (C=O) groups excluding carboxylic acids is 2. The molecule has 0 aliphatic heterocycles. The molecule has 3 aromatic rings. The fourth-order valence-corrected chi connectivity index (χ4v) is 2.77. The molecule has 0 bridgehead atoms. The molecular formula is C22H19FN2O4. The van der Waals surface area contributed by atoms with Crippen LogP contribution in [0.5, 0.6) is 5.75 Å². The first-order chi connectivity index (χ1) is 14.0. The summed E-state index contributed by atoms with van der Waals surface area (Å²) in [6, 6.07) is 19.5. The van der Waals surface area contributed by atoms with E-state index in [4.69, 9.17) is 10.5 Å². The fraction of sp³-hybridized carbons (Fsp3) is 0.0909. The molecule has 2 amide bonds. The number of nitrogens with one attached hydrogen (secondary N) is 1. The van der Waals surface area contributed by atoms with Crippen molar-refractivity contribution in [1.29, 1.82) is 0 Å². The van der Waals surface area contributed by atoms with Crippen molar-refractivity contribution in [3.63, 3.8) is 0 Å². The van der Waals surface area contributed by atoms with Gasteiger partial charge in [-0.2, -0.15) is 0 Å². The Morgan fingerprint density at radius 1 is 1.03 bits per heavy atom. The van der Waals surface area contributed by atoms with Crippen LogP contribution >= 0.6 is 0 Å². The minimum absolute atomic E-state index is 0.189. The molecule has 0 heterocycles. The van der Waals surface area contributed by atoms with E-state index < -0.39 is 12.2 Å². The molecule has 6 nitrogen and oxygen atoms in total. The van der Waals surface area contributed by atoms with Gasteiger partial charge in [-0.25, -0.2) is 9.18 Å². The van der Waals surface area contributed by atoms with E-state index >= 15 is 0 Å². The highest BCUT2D eigenvalue weighted by molar-refractivity contribution is 6.09. The summed E-state index contributed by atoms with van der Waals surface area (Å²) >= 11 is 0. The Balaban J connectivity index is 1.71. The average molecular weight is 394 g/mol. The van der Waals surface area contributed by atoms with Crippen LogP contribution in [0.25, 0.3) is 10.8 Å². The van der Waals surface area contributed by atoms with Crippen LogP contribution in [0.15, 0.2) is 78.8 Å². The van der Waals surface area contributed by atoms with Gasteiger partial charge in [0.2, 0.25) is 0 Å². The molecule has 0 aliphatic carbocycles. The van der Waals surface area contributed by atoms with Gasteiger partial charge in [0, 0.05) is 16.6 Å². The molecule has 3 aromatic carbocycles. The third-order valence-electron chi connectivity index (χ3n) is 4.19. The maximum atomic E-state index is 13.0. The van der Waals surface area contributed by atoms with Crippen LogP contribution in [0.4, 0.5) is 14.9 Å². The fourth-order valence-electron chi connectivity index (χ4n) is 2.77. The number of fused-ring (bicyclic) bond motifs is 1. The molecule has 0 aromatic heterocycles. The van der Waals surface area contributed by atoms with E-state index in [0.29, 0.717) is 11.3 Å². The zero-order chi connectivity index (χ0) is 20.8. The minimum Gasteiger partial charge on any atom is -0.455 e. The number of amides is 2. The van der Waals surface area contributed by atoms with Crippen molar-refractivity contribution in [3.8, 4) is 5.75 Å². The number of ether oxygens (including phenoxy) is 2. The molecule has 148 valence electrons. The van der Waals surface area contributed by atoms with Crippen LogP contribution in [-0.2, 0) is 4.74 Å². The molecule has 7 heteroatoms. The van der Waals surface area contributed by atoms with E-state index in [9.17, 15) is 14.0 Å². The third-order valence-corrected chi connectivity index (χ3v) is 4.19. The topological polar surface area (TPSA) is 90.7 Å². The van der Waals surface area contributed by atoms with Crippen molar-refractivity contribution >= 4 is 28.5 Å². The summed E-state index contributed by atoms with van der Waals surface area (Å²) in [7, 11) is 0. The van der Waals surface area contributed by atoms with Gasteiger partial charge in [-0.3, -0.25) is 4.79 Å². The van der Waals surface area contributed by atoms with Gasteiger partial charge >= 0.3 is 6.09 Å². The van der Waals surface area contributed by atoms with Crippen molar-refractivity contribution in [2.45, 2.75) is 13.0 Å². The highest BCUT2D eigenvalue weighted by Crippen LogP contribution is 2.24. The number of hydrogen-bond acceptors (Lipinski definition) is 4. The largest absolute Gasteiger partial charge is 0.455 e. The highest BCUT2D eigenvalue weighted by Gasteiger charge is 2.16. The zero-order valence-electron chi connectivity index (χ0n) is 15.6. The molecule has 0 saturated carbocycles. The van der Waals surface area contributed by atoms with E-state index in [1.54, 1.807) is 12.1 Å². The molecule has 1 atom stereocenters. The Labute approximate surface area is 166 Å². The van der Waals surface area contributed by atoms with Crippen molar-refractivity contribution in [1.82, 2.24) is 0 Å². The number of carbonyl (C=O) groups is 2. The van der Waals surface area contributed by atoms with Crippen molar-refractivity contribution in [2.24, 2.45) is 5.73 Å². The maximum Gasteiger partial charge on any atom is 0.405 e. The lowest BCUT2D eigenvalue weighted by Crippen LogP contribution is -2.24. The standard InChI is InChI=1S/C22H19FN2O4/c1-14(28-22(24)27)20(13-23)29-17-11-9-16(10-12-17)21(26)25-19-8-4-6-15-5-2-3-7-18(15)19/h2-14H,1H3,(H2,24,27)(H,25,26). The minimum atomic E-state index is -1.04. The molecule has 29 heavy (non-hydrogen) atoms. The van der Waals surface area contributed by atoms with Gasteiger partial charge < -0.3 is 20.5 Å². The summed E-state index contributed by atoms with van der Waals surface area (Å²) in [6.07, 6.45) is -1.85. The van der Waals surface area contributed by atoms with E-state index in [1.807, 2.05) is 42.5 Å². The van der Waals surface area contributed by atoms with E-state index in [0.717, 1.165) is 10.8 Å². The van der Waals surface area contributed by atoms with Crippen molar-refractivity contribution in [2.75, 3.05) is 5.32 Å². The Morgan fingerprint density at radius 3 is 2.41 bits per heavy atom. The highest BCUT2D eigenvalue weighted by atomic mass is 19.1. The first kappa shape index (κ1) is 19.9. The normalized spacial score (nSPS) is 12.3. The van der Waals surface area contributed by atoms with E-state index in [-0.39, 0.29) is 23.7 Å². The Kier molecular flexibility index (Phi) is 6.09. The number of rotatable bonds is 6. The molecule has 0 radical (unpaired) electrons. The summed E-state index contributed by atoms with van der Waals surface area (Å²) < 4.78 is 23.1. The molecule has 3 N–H and O–H groups in total. The number of halogens is 1. The van der Waals surface area contributed by atoms with Crippen molar-refractivity contribution in [3.05, 3.63) is 84.4 Å². The van der Waals surface area contributed by atoms with Gasteiger partial charge in [-0.15, -0.1) is 0 Å². The first-order valence-electron chi connectivity index (χ1n) is 8.81. The molecular weight excluding hydrogens is 375 g/mol. The molecule has 1 unspecified atom stereocenters. The van der Waals surface area contributed by atoms with E-state index in [2.05, 4.69) is 10.1 Å². The van der Waals surface area contributed by atoms with Gasteiger partial charge in [-0.1, -0.05) is 36.4 Å². The summed E-state index contributed by atoms with van der Waals surface area (Å²) in [5, 5.41) is 4.84. The lowest BCUT2D eigenvalue weighted by molar-refractivity contribution is 0.102. The van der Waals surface area contributed by atoms with Crippen LogP contribution in [0, 0.1) is 0 Å². The first-order valence-corrected chi connectivity index (χ1v) is 8.81. The van der Waals surface area contributed by atoms with Crippen LogP contribution in [-0.4, -0.2) is 18.1 Å². The number of anilines is 1. The van der Waals surface area contributed by atoms with Gasteiger partial charge in [0.25, 0.3) is 5.91 Å².